The average Bonchev–Trinajstić information content (AvgIpc) is 2.26. The van der Waals surface area contributed by atoms with Crippen molar-refractivity contribution in [2.75, 3.05) is 0 Å². The third-order valence-corrected chi connectivity index (χ3v) is 3.07. The lowest BCUT2D eigenvalue weighted by Gasteiger charge is -2.05. The van der Waals surface area contributed by atoms with Gasteiger partial charge in [-0.25, -0.2) is 0 Å². The molecule has 15 heavy (non-hydrogen) atoms. The van der Waals surface area contributed by atoms with Gasteiger partial charge in [0.15, 0.2) is 0 Å². The van der Waals surface area contributed by atoms with Crippen LogP contribution in [0.3, 0.4) is 0 Å². The van der Waals surface area contributed by atoms with Crippen LogP contribution in [0.2, 0.25) is 0 Å². The van der Waals surface area contributed by atoms with Gasteiger partial charge in [0.05, 0.1) is 0 Å². The number of pyridine rings is 1. The fraction of sp³-hybridized carbons (Fsp3) is 0.308. The fourth-order valence-electron chi connectivity index (χ4n) is 1.74. The van der Waals surface area contributed by atoms with E-state index in [1.807, 2.05) is 6.20 Å². The van der Waals surface area contributed by atoms with Crippen LogP contribution in [0.1, 0.15) is 25.5 Å². The second kappa shape index (κ2) is 4.75. The van der Waals surface area contributed by atoms with E-state index >= 15 is 0 Å². The van der Waals surface area contributed by atoms with Gasteiger partial charge in [-0.3, -0.25) is 4.98 Å². The first kappa shape index (κ1) is 10.6. The molecule has 1 aromatic heterocycles. The Bertz CT molecular complexity index is 465. The number of aryl methyl sites for hydroxylation is 1. The summed E-state index contributed by atoms with van der Waals surface area (Å²) >= 11 is 3.51. The minimum absolute atomic E-state index is 1.07. The van der Waals surface area contributed by atoms with E-state index in [1.54, 1.807) is 0 Å². The third-order valence-electron chi connectivity index (χ3n) is 2.58. The Labute approximate surface area is 98.7 Å². The van der Waals surface area contributed by atoms with Gasteiger partial charge in [-0.15, -0.1) is 0 Å². The summed E-state index contributed by atoms with van der Waals surface area (Å²) in [6, 6.07) is 8.44. The molecule has 0 saturated carbocycles. The van der Waals surface area contributed by atoms with Crippen molar-refractivity contribution in [3.8, 4) is 0 Å². The molecular weight excluding hydrogens is 250 g/mol. The smallest absolute Gasteiger partial charge is 0.0482 e. The van der Waals surface area contributed by atoms with Crippen LogP contribution in [0, 0.1) is 0 Å². The monoisotopic (exact) mass is 263 g/mol. The van der Waals surface area contributed by atoms with Crippen molar-refractivity contribution in [2.24, 2.45) is 0 Å². The van der Waals surface area contributed by atoms with Gasteiger partial charge in [0.2, 0.25) is 0 Å². The Morgan fingerprint density at radius 3 is 2.93 bits per heavy atom. The van der Waals surface area contributed by atoms with Crippen molar-refractivity contribution in [1.29, 1.82) is 0 Å². The Hall–Kier alpha value is -0.890. The van der Waals surface area contributed by atoms with E-state index in [2.05, 4.69) is 52.1 Å². The maximum absolute atomic E-state index is 4.46. The van der Waals surface area contributed by atoms with Gasteiger partial charge in [-0.2, -0.15) is 0 Å². The Kier molecular flexibility index (Phi) is 3.37. The van der Waals surface area contributed by atoms with Gasteiger partial charge in [0, 0.05) is 21.7 Å². The predicted molar refractivity (Wildman–Crippen MR) is 68.1 cm³/mol. The Balaban J connectivity index is 2.48. The number of rotatable bonds is 3. The Morgan fingerprint density at radius 1 is 1.27 bits per heavy atom. The molecule has 0 fully saturated rings. The molecule has 1 heterocycles. The van der Waals surface area contributed by atoms with Gasteiger partial charge in [-0.1, -0.05) is 35.3 Å². The quantitative estimate of drug-likeness (QED) is 0.803. The molecule has 0 aliphatic heterocycles. The van der Waals surface area contributed by atoms with Crippen molar-refractivity contribution in [3.05, 3.63) is 40.6 Å². The van der Waals surface area contributed by atoms with Gasteiger partial charge in [0.1, 0.15) is 0 Å². The molecule has 0 N–H and O–H groups in total. The molecule has 0 radical (unpaired) electrons. The van der Waals surface area contributed by atoms with Gasteiger partial charge in [0.25, 0.3) is 0 Å². The summed E-state index contributed by atoms with van der Waals surface area (Å²) in [5.74, 6) is 0. The summed E-state index contributed by atoms with van der Waals surface area (Å²) in [5, 5.41) is 2.56. The number of benzene rings is 1. The molecule has 0 unspecified atom stereocenters. The molecule has 0 saturated heterocycles. The lowest BCUT2D eigenvalue weighted by Crippen LogP contribution is -1.91. The molecule has 0 aliphatic rings. The van der Waals surface area contributed by atoms with E-state index in [0.29, 0.717) is 0 Å². The van der Waals surface area contributed by atoms with Gasteiger partial charge < -0.3 is 0 Å². The van der Waals surface area contributed by atoms with Gasteiger partial charge in [-0.05, 0) is 36.4 Å². The zero-order valence-electron chi connectivity index (χ0n) is 8.83. The summed E-state index contributed by atoms with van der Waals surface area (Å²) < 4.78 is 1.13. The molecule has 0 spiro atoms. The summed E-state index contributed by atoms with van der Waals surface area (Å²) in [6.45, 7) is 2.21. The molecule has 2 heteroatoms. The molecule has 0 amide bonds. The molecule has 0 atom stereocenters. The molecule has 2 aromatic rings. The summed E-state index contributed by atoms with van der Waals surface area (Å²) in [6.07, 6.45) is 5.40. The van der Waals surface area contributed by atoms with E-state index in [0.717, 1.165) is 10.9 Å². The third kappa shape index (κ3) is 2.37. The zero-order chi connectivity index (χ0) is 10.7. The molecule has 1 nitrogen and oxygen atoms in total. The lowest BCUT2D eigenvalue weighted by molar-refractivity contribution is 0.782. The number of aromatic nitrogens is 1. The number of unbranched alkanes of at least 4 members (excludes halogenated alkanes) is 1. The van der Waals surface area contributed by atoms with Crippen molar-refractivity contribution in [3.63, 3.8) is 0 Å². The van der Waals surface area contributed by atoms with Crippen LogP contribution in [0.25, 0.3) is 10.8 Å². The largest absolute Gasteiger partial charge is 0.261 e. The molecule has 78 valence electrons. The van der Waals surface area contributed by atoms with Crippen LogP contribution >= 0.6 is 15.9 Å². The van der Waals surface area contributed by atoms with E-state index in [1.165, 1.54) is 29.3 Å². The standard InChI is InChI=1S/C13H14BrN/c1-2-3-4-13-12-9-11(14)6-5-10(12)7-8-15-13/h5-9H,2-4H2,1H3. The molecular formula is C13H14BrN. The lowest BCUT2D eigenvalue weighted by atomic mass is 10.1. The second-order valence-corrected chi connectivity index (χ2v) is 4.64. The first-order valence-corrected chi connectivity index (χ1v) is 6.13. The summed E-state index contributed by atoms with van der Waals surface area (Å²) in [7, 11) is 0. The first-order valence-electron chi connectivity index (χ1n) is 5.34. The van der Waals surface area contributed by atoms with Gasteiger partial charge >= 0.3 is 0 Å². The fourth-order valence-corrected chi connectivity index (χ4v) is 2.11. The minimum Gasteiger partial charge on any atom is -0.261 e. The molecule has 0 aliphatic carbocycles. The van der Waals surface area contributed by atoms with Crippen LogP contribution < -0.4 is 0 Å². The van der Waals surface area contributed by atoms with Crippen LogP contribution in [0.5, 0.6) is 0 Å². The van der Waals surface area contributed by atoms with Crippen molar-refractivity contribution < 1.29 is 0 Å². The highest BCUT2D eigenvalue weighted by molar-refractivity contribution is 9.10. The highest BCUT2D eigenvalue weighted by atomic mass is 79.9. The topological polar surface area (TPSA) is 12.9 Å². The zero-order valence-corrected chi connectivity index (χ0v) is 10.4. The van der Waals surface area contributed by atoms with Crippen LogP contribution in [-0.4, -0.2) is 4.98 Å². The van der Waals surface area contributed by atoms with E-state index in [9.17, 15) is 0 Å². The maximum Gasteiger partial charge on any atom is 0.0482 e. The highest BCUT2D eigenvalue weighted by Crippen LogP contribution is 2.22. The Morgan fingerprint density at radius 2 is 2.13 bits per heavy atom. The van der Waals surface area contributed by atoms with E-state index < -0.39 is 0 Å². The van der Waals surface area contributed by atoms with Crippen molar-refractivity contribution in [1.82, 2.24) is 4.98 Å². The SMILES string of the molecule is CCCCc1nccc2ccc(Br)cc12. The van der Waals surface area contributed by atoms with E-state index in [4.69, 9.17) is 0 Å². The number of halogens is 1. The first-order chi connectivity index (χ1) is 7.31. The van der Waals surface area contributed by atoms with Crippen LogP contribution in [-0.2, 0) is 6.42 Å². The van der Waals surface area contributed by atoms with Crippen molar-refractivity contribution in [2.45, 2.75) is 26.2 Å². The van der Waals surface area contributed by atoms with Crippen LogP contribution in [0.15, 0.2) is 34.9 Å². The molecule has 0 bridgehead atoms. The van der Waals surface area contributed by atoms with E-state index in [-0.39, 0.29) is 0 Å². The number of hydrogen-bond donors (Lipinski definition) is 0. The molecule has 2 rings (SSSR count). The predicted octanol–water partition coefficient (Wildman–Crippen LogP) is 4.34. The summed E-state index contributed by atoms with van der Waals surface area (Å²) in [4.78, 5) is 4.46. The maximum atomic E-state index is 4.46. The number of nitrogens with zero attached hydrogens (tertiary/aromatic N) is 1. The van der Waals surface area contributed by atoms with Crippen molar-refractivity contribution >= 4 is 26.7 Å². The summed E-state index contributed by atoms with van der Waals surface area (Å²) in [5.41, 5.74) is 1.22. The number of fused-ring (bicyclic) bond motifs is 1. The number of hydrogen-bond acceptors (Lipinski definition) is 1. The average molecular weight is 264 g/mol. The second-order valence-electron chi connectivity index (χ2n) is 3.73. The normalized spacial score (nSPS) is 10.8. The minimum atomic E-state index is 1.07. The highest BCUT2D eigenvalue weighted by Gasteiger charge is 2.02. The van der Waals surface area contributed by atoms with Crippen LogP contribution in [0.4, 0.5) is 0 Å². The molecule has 1 aromatic carbocycles.